The lowest BCUT2D eigenvalue weighted by Crippen LogP contribution is -2.26. The maximum absolute atomic E-state index is 12.6. The molecule has 182 valence electrons. The number of amides is 1. The first-order chi connectivity index (χ1) is 17.0. The minimum absolute atomic E-state index is 0.00903. The Hall–Kier alpha value is -3.26. The fourth-order valence-corrected chi connectivity index (χ4v) is 4.74. The second-order valence-corrected chi connectivity index (χ2v) is 10.3. The molecule has 0 bridgehead atoms. The number of carbonyl (C=O) groups excluding carboxylic acids is 1. The van der Waals surface area contributed by atoms with E-state index in [4.69, 9.17) is 9.98 Å². The van der Waals surface area contributed by atoms with Crippen molar-refractivity contribution in [3.8, 4) is 11.1 Å². The van der Waals surface area contributed by atoms with Crippen molar-refractivity contribution < 1.29 is 9.90 Å². The van der Waals surface area contributed by atoms with Gasteiger partial charge in [-0.05, 0) is 75.0 Å². The number of benzene rings is 1. The van der Waals surface area contributed by atoms with Gasteiger partial charge in [0.1, 0.15) is 5.82 Å². The van der Waals surface area contributed by atoms with Crippen LogP contribution >= 0.6 is 0 Å². The van der Waals surface area contributed by atoms with E-state index < -0.39 is 6.10 Å². The highest BCUT2D eigenvalue weighted by Crippen LogP contribution is 2.32. The quantitative estimate of drug-likeness (QED) is 0.472. The van der Waals surface area contributed by atoms with Crippen molar-refractivity contribution in [3.63, 3.8) is 0 Å². The van der Waals surface area contributed by atoms with E-state index in [1.165, 1.54) is 12.8 Å². The Bertz CT molecular complexity index is 1300. The maximum atomic E-state index is 12.6. The number of aliphatic hydroxyl groups excluding tert-OH is 1. The van der Waals surface area contributed by atoms with Crippen LogP contribution in [0.2, 0.25) is 0 Å². The molecule has 0 spiro atoms. The average Bonchev–Trinajstić information content (AvgIpc) is 3.78. The minimum Gasteiger partial charge on any atom is -0.387 e. The number of carbonyl (C=O) groups is 1. The van der Waals surface area contributed by atoms with Gasteiger partial charge in [-0.3, -0.25) is 4.79 Å². The molecule has 8 heteroatoms. The van der Waals surface area contributed by atoms with Gasteiger partial charge in [0.05, 0.1) is 12.3 Å². The standard InChI is InChI=1S/C27H32N6O2/c1-16-12-18(8-11-20(16)27(35)30-19-9-10-19)21-15-29-33-25(28-14-17-6-7-17)13-24(32-26(21)33)31-22-4-2-3-5-23(22)34/h8,11-13,15,17,19,23,28,34H,2-7,9-10,14H2,1H3,(H,30,35)/t23-/m1/s1. The highest BCUT2D eigenvalue weighted by atomic mass is 16.3. The zero-order valence-electron chi connectivity index (χ0n) is 20.1. The Kier molecular flexibility index (Phi) is 5.76. The molecule has 8 nitrogen and oxygen atoms in total. The van der Waals surface area contributed by atoms with Gasteiger partial charge in [-0.1, -0.05) is 18.6 Å². The molecule has 1 aromatic carbocycles. The molecule has 3 aliphatic carbocycles. The second kappa shape index (κ2) is 9.07. The van der Waals surface area contributed by atoms with Gasteiger partial charge >= 0.3 is 0 Å². The van der Waals surface area contributed by atoms with Crippen molar-refractivity contribution in [1.82, 2.24) is 19.9 Å². The van der Waals surface area contributed by atoms with E-state index in [0.29, 0.717) is 29.0 Å². The zero-order chi connectivity index (χ0) is 23.9. The van der Waals surface area contributed by atoms with Crippen LogP contribution in [0.15, 0.2) is 35.5 Å². The Balaban J connectivity index is 1.38. The maximum Gasteiger partial charge on any atom is 0.251 e. The van der Waals surface area contributed by atoms with Crippen molar-refractivity contribution in [2.24, 2.45) is 10.9 Å². The monoisotopic (exact) mass is 472 g/mol. The van der Waals surface area contributed by atoms with Crippen LogP contribution in [0.4, 0.5) is 11.6 Å². The summed E-state index contributed by atoms with van der Waals surface area (Å²) in [5, 5.41) is 21.7. The molecule has 0 aliphatic heterocycles. The number of fused-ring (bicyclic) bond motifs is 1. The third-order valence-corrected chi connectivity index (χ3v) is 7.22. The molecular weight excluding hydrogens is 440 g/mol. The zero-order valence-corrected chi connectivity index (χ0v) is 20.1. The van der Waals surface area contributed by atoms with Crippen LogP contribution < -0.4 is 10.6 Å². The Morgan fingerprint density at radius 2 is 2.03 bits per heavy atom. The molecule has 0 saturated heterocycles. The first-order valence-corrected chi connectivity index (χ1v) is 12.9. The van der Waals surface area contributed by atoms with Crippen LogP contribution in [0.1, 0.15) is 67.3 Å². The average molecular weight is 473 g/mol. The molecule has 1 atom stereocenters. The smallest absolute Gasteiger partial charge is 0.251 e. The predicted octanol–water partition coefficient (Wildman–Crippen LogP) is 4.43. The van der Waals surface area contributed by atoms with Crippen LogP contribution in [-0.2, 0) is 0 Å². The van der Waals surface area contributed by atoms with Gasteiger partial charge in [0, 0.05) is 35.5 Å². The molecule has 1 amide bonds. The van der Waals surface area contributed by atoms with Crippen molar-refractivity contribution in [2.75, 3.05) is 11.9 Å². The van der Waals surface area contributed by atoms with Gasteiger partial charge in [-0.2, -0.15) is 9.61 Å². The number of nitrogens with one attached hydrogen (secondary N) is 2. The van der Waals surface area contributed by atoms with Crippen LogP contribution in [-0.4, -0.2) is 50.0 Å². The summed E-state index contributed by atoms with van der Waals surface area (Å²) in [4.78, 5) is 22.2. The first-order valence-electron chi connectivity index (χ1n) is 12.9. The molecule has 2 heterocycles. The highest BCUT2D eigenvalue weighted by molar-refractivity contribution is 5.97. The van der Waals surface area contributed by atoms with E-state index >= 15 is 0 Å². The van der Waals surface area contributed by atoms with Gasteiger partial charge in [0.25, 0.3) is 5.91 Å². The molecule has 6 rings (SSSR count). The molecule has 3 N–H and O–H groups in total. The van der Waals surface area contributed by atoms with Crippen molar-refractivity contribution in [2.45, 2.75) is 70.4 Å². The predicted molar refractivity (Wildman–Crippen MR) is 136 cm³/mol. The summed E-state index contributed by atoms with van der Waals surface area (Å²) >= 11 is 0. The fourth-order valence-electron chi connectivity index (χ4n) is 4.74. The molecule has 3 aliphatic rings. The van der Waals surface area contributed by atoms with Gasteiger partial charge in [0.2, 0.25) is 0 Å². The largest absolute Gasteiger partial charge is 0.387 e. The van der Waals surface area contributed by atoms with Crippen molar-refractivity contribution in [1.29, 1.82) is 0 Å². The number of rotatable bonds is 7. The lowest BCUT2D eigenvalue weighted by atomic mass is 9.95. The van der Waals surface area contributed by atoms with Crippen LogP contribution in [0.5, 0.6) is 0 Å². The number of aryl methyl sites for hydroxylation is 1. The van der Waals surface area contributed by atoms with E-state index in [-0.39, 0.29) is 5.91 Å². The SMILES string of the molecule is Cc1cc(-c2cnn3c(NCC4CC4)cc(N=C4CCCC[C@H]4O)nc23)ccc1C(=O)NC1CC1. The molecule has 35 heavy (non-hydrogen) atoms. The number of aliphatic imine (C=N–C) groups is 1. The molecule has 3 aromatic rings. The Morgan fingerprint density at radius 1 is 1.17 bits per heavy atom. The first kappa shape index (κ1) is 22.2. The van der Waals surface area contributed by atoms with E-state index in [2.05, 4.69) is 15.7 Å². The summed E-state index contributed by atoms with van der Waals surface area (Å²) in [7, 11) is 0. The highest BCUT2D eigenvalue weighted by Gasteiger charge is 2.25. The lowest BCUT2D eigenvalue weighted by molar-refractivity contribution is 0.0950. The number of nitrogens with zero attached hydrogens (tertiary/aromatic N) is 4. The van der Waals surface area contributed by atoms with E-state index in [9.17, 15) is 9.90 Å². The van der Waals surface area contributed by atoms with Gasteiger partial charge in [-0.25, -0.2) is 9.98 Å². The molecular formula is C27H32N6O2. The lowest BCUT2D eigenvalue weighted by Gasteiger charge is -2.19. The third-order valence-electron chi connectivity index (χ3n) is 7.22. The van der Waals surface area contributed by atoms with E-state index in [0.717, 1.165) is 73.3 Å². The van der Waals surface area contributed by atoms with Gasteiger partial charge < -0.3 is 15.7 Å². The summed E-state index contributed by atoms with van der Waals surface area (Å²) in [5.74, 6) is 2.14. The molecule has 3 fully saturated rings. The molecule has 2 aromatic heterocycles. The molecule has 3 saturated carbocycles. The van der Waals surface area contributed by atoms with Crippen molar-refractivity contribution in [3.05, 3.63) is 41.6 Å². The van der Waals surface area contributed by atoms with Gasteiger partial charge in [-0.15, -0.1) is 0 Å². The summed E-state index contributed by atoms with van der Waals surface area (Å²) in [6.45, 7) is 2.87. The molecule has 0 radical (unpaired) electrons. The minimum atomic E-state index is -0.494. The number of hydrogen-bond donors (Lipinski definition) is 3. The normalized spacial score (nSPS) is 21.4. The van der Waals surface area contributed by atoms with Crippen LogP contribution in [0.25, 0.3) is 16.8 Å². The van der Waals surface area contributed by atoms with Crippen molar-refractivity contribution >= 4 is 28.9 Å². The molecule has 0 unspecified atom stereocenters. The van der Waals surface area contributed by atoms with E-state index in [1.807, 2.05) is 41.9 Å². The van der Waals surface area contributed by atoms with Gasteiger partial charge in [0.15, 0.2) is 11.5 Å². The number of anilines is 1. The third kappa shape index (κ3) is 4.80. The summed E-state index contributed by atoms with van der Waals surface area (Å²) in [5.41, 5.74) is 5.00. The number of hydrogen-bond acceptors (Lipinski definition) is 6. The second-order valence-electron chi connectivity index (χ2n) is 10.3. The summed E-state index contributed by atoms with van der Waals surface area (Å²) in [6.07, 6.45) is 9.61. The topological polar surface area (TPSA) is 104 Å². The number of aliphatic hydroxyl groups is 1. The Labute approximate surface area is 204 Å². The summed E-state index contributed by atoms with van der Waals surface area (Å²) in [6, 6.07) is 8.14. The fraction of sp³-hybridized carbons (Fsp3) is 0.481. The Morgan fingerprint density at radius 3 is 2.77 bits per heavy atom. The van der Waals surface area contributed by atoms with Crippen LogP contribution in [0, 0.1) is 12.8 Å². The van der Waals surface area contributed by atoms with E-state index in [1.54, 1.807) is 0 Å². The summed E-state index contributed by atoms with van der Waals surface area (Å²) < 4.78 is 1.84. The van der Waals surface area contributed by atoms with Crippen LogP contribution in [0.3, 0.4) is 0 Å². The number of aromatic nitrogens is 3.